The van der Waals surface area contributed by atoms with Crippen LogP contribution in [0.15, 0.2) is 46.3 Å². The number of hydrogen-bond donors (Lipinski definition) is 1. The second kappa shape index (κ2) is 9.39. The fourth-order valence-corrected chi connectivity index (χ4v) is 2.43. The molecule has 1 N–H and O–H groups in total. The maximum atomic E-state index is 11.3. The third-order valence-corrected chi connectivity index (χ3v) is 4.05. The lowest BCUT2D eigenvalue weighted by atomic mass is 10.0. The van der Waals surface area contributed by atoms with Gasteiger partial charge in [-0.05, 0) is 60.3 Å². The van der Waals surface area contributed by atoms with E-state index < -0.39 is 12.1 Å². The Kier molecular flexibility index (Phi) is 7.87. The maximum absolute atomic E-state index is 11.3. The van der Waals surface area contributed by atoms with Crippen LogP contribution in [0, 0.1) is 0 Å². The van der Waals surface area contributed by atoms with Crippen LogP contribution in [0.25, 0.3) is 0 Å². The van der Waals surface area contributed by atoms with Crippen molar-refractivity contribution in [1.82, 2.24) is 0 Å². The van der Waals surface area contributed by atoms with Crippen molar-refractivity contribution in [3.05, 3.63) is 46.3 Å². The Bertz CT molecular complexity index is 543. The van der Waals surface area contributed by atoms with E-state index in [1.165, 1.54) is 16.7 Å². The fourth-order valence-electron chi connectivity index (χ4n) is 2.43. The fraction of sp³-hybridized carbons (Fsp3) is 0.550. The number of cyclic esters (lactones) is 1. The van der Waals surface area contributed by atoms with Crippen LogP contribution in [0.4, 0.5) is 0 Å². The van der Waals surface area contributed by atoms with Crippen LogP contribution in [-0.4, -0.2) is 17.2 Å². The number of ether oxygens (including phenoxy) is 1. The maximum Gasteiger partial charge on any atom is 0.338 e. The highest BCUT2D eigenvalue weighted by Crippen LogP contribution is 2.23. The van der Waals surface area contributed by atoms with E-state index in [4.69, 9.17) is 4.74 Å². The molecule has 3 nitrogen and oxygen atoms in total. The van der Waals surface area contributed by atoms with Crippen LogP contribution in [0.3, 0.4) is 0 Å². The number of allylic oxidation sites excluding steroid dienone is 5. The van der Waals surface area contributed by atoms with Crippen LogP contribution >= 0.6 is 0 Å². The molecule has 1 unspecified atom stereocenters. The smallest absolute Gasteiger partial charge is 0.338 e. The van der Waals surface area contributed by atoms with Gasteiger partial charge in [-0.3, -0.25) is 0 Å². The molecular weight excluding hydrogens is 288 g/mol. The molecule has 0 aliphatic carbocycles. The molecule has 1 atom stereocenters. The van der Waals surface area contributed by atoms with Crippen molar-refractivity contribution in [2.75, 3.05) is 0 Å². The molecule has 0 aromatic rings. The number of carbonyl (C=O) groups excluding carboxylic acids is 1. The van der Waals surface area contributed by atoms with Crippen molar-refractivity contribution >= 4 is 5.97 Å². The van der Waals surface area contributed by atoms with Gasteiger partial charge in [-0.25, -0.2) is 4.79 Å². The van der Waals surface area contributed by atoms with E-state index in [9.17, 15) is 9.90 Å². The number of aliphatic hydroxyl groups excluding tert-OH is 1. The van der Waals surface area contributed by atoms with Crippen molar-refractivity contribution < 1.29 is 14.6 Å². The van der Waals surface area contributed by atoms with E-state index in [2.05, 4.69) is 45.9 Å². The molecule has 0 aromatic carbocycles. The summed E-state index contributed by atoms with van der Waals surface area (Å²) in [6.45, 7) is 10.1. The SMILES string of the molecule is CC(C)=CCC/C(C)=C/CC/C(C)=C/CC1OC(=O)C(C)=C1O. The summed E-state index contributed by atoms with van der Waals surface area (Å²) in [5.74, 6) is -0.331. The highest BCUT2D eigenvalue weighted by Gasteiger charge is 2.30. The molecule has 0 saturated heterocycles. The summed E-state index contributed by atoms with van der Waals surface area (Å²) in [6.07, 6.45) is 10.9. The van der Waals surface area contributed by atoms with Gasteiger partial charge in [0.25, 0.3) is 0 Å². The average Bonchev–Trinajstić information content (AvgIpc) is 2.72. The summed E-state index contributed by atoms with van der Waals surface area (Å²) in [7, 11) is 0. The Hall–Kier alpha value is -1.77. The number of esters is 1. The van der Waals surface area contributed by atoms with Gasteiger partial charge in [0.05, 0.1) is 5.57 Å². The van der Waals surface area contributed by atoms with Crippen LogP contribution in [0.5, 0.6) is 0 Å². The predicted molar refractivity (Wildman–Crippen MR) is 95.2 cm³/mol. The van der Waals surface area contributed by atoms with E-state index in [1.54, 1.807) is 6.92 Å². The third kappa shape index (κ3) is 6.89. The van der Waals surface area contributed by atoms with E-state index in [-0.39, 0.29) is 5.76 Å². The zero-order chi connectivity index (χ0) is 17.4. The number of hydrogen-bond acceptors (Lipinski definition) is 3. The molecule has 1 aliphatic heterocycles. The lowest BCUT2D eigenvalue weighted by Gasteiger charge is -2.08. The van der Waals surface area contributed by atoms with Crippen molar-refractivity contribution in [2.24, 2.45) is 0 Å². The Balaban J connectivity index is 2.35. The quantitative estimate of drug-likeness (QED) is 0.471. The van der Waals surface area contributed by atoms with E-state index in [1.807, 2.05) is 0 Å². The number of carbonyl (C=O) groups is 1. The molecule has 128 valence electrons. The summed E-state index contributed by atoms with van der Waals surface area (Å²) in [5.41, 5.74) is 4.38. The first-order valence-electron chi connectivity index (χ1n) is 8.36. The second-order valence-corrected chi connectivity index (χ2v) is 6.60. The number of rotatable bonds is 8. The normalized spacial score (nSPS) is 19.2. The molecule has 3 heteroatoms. The van der Waals surface area contributed by atoms with E-state index >= 15 is 0 Å². The molecule has 1 aliphatic rings. The van der Waals surface area contributed by atoms with Gasteiger partial charge in [0.1, 0.15) is 5.76 Å². The average molecular weight is 318 g/mol. The summed E-state index contributed by atoms with van der Waals surface area (Å²) in [6, 6.07) is 0. The third-order valence-electron chi connectivity index (χ3n) is 4.05. The van der Waals surface area contributed by atoms with Crippen molar-refractivity contribution in [1.29, 1.82) is 0 Å². The molecule has 0 amide bonds. The van der Waals surface area contributed by atoms with Gasteiger partial charge in [0.2, 0.25) is 0 Å². The van der Waals surface area contributed by atoms with Crippen LogP contribution in [0.2, 0.25) is 0 Å². The van der Waals surface area contributed by atoms with Crippen molar-refractivity contribution in [3.8, 4) is 0 Å². The van der Waals surface area contributed by atoms with Gasteiger partial charge in [0, 0.05) is 6.42 Å². The van der Waals surface area contributed by atoms with Gasteiger partial charge in [-0.2, -0.15) is 0 Å². The molecular formula is C20H30O3. The van der Waals surface area contributed by atoms with Crippen LogP contribution < -0.4 is 0 Å². The summed E-state index contributed by atoms with van der Waals surface area (Å²) < 4.78 is 5.12. The molecule has 0 bridgehead atoms. The van der Waals surface area contributed by atoms with Gasteiger partial charge in [-0.1, -0.05) is 34.9 Å². The minimum Gasteiger partial charge on any atom is -0.508 e. The molecule has 0 aromatic heterocycles. The molecule has 1 rings (SSSR count). The summed E-state index contributed by atoms with van der Waals surface area (Å²) >= 11 is 0. The Morgan fingerprint density at radius 2 is 1.61 bits per heavy atom. The van der Waals surface area contributed by atoms with Crippen molar-refractivity contribution in [3.63, 3.8) is 0 Å². The topological polar surface area (TPSA) is 46.5 Å². The van der Waals surface area contributed by atoms with Crippen LogP contribution in [-0.2, 0) is 9.53 Å². The zero-order valence-corrected chi connectivity index (χ0v) is 15.1. The zero-order valence-electron chi connectivity index (χ0n) is 15.1. The molecule has 23 heavy (non-hydrogen) atoms. The predicted octanol–water partition coefficient (Wildman–Crippen LogP) is 5.55. The van der Waals surface area contributed by atoms with Crippen LogP contribution in [0.1, 0.15) is 66.7 Å². The second-order valence-electron chi connectivity index (χ2n) is 6.60. The Morgan fingerprint density at radius 1 is 1.04 bits per heavy atom. The first-order valence-corrected chi connectivity index (χ1v) is 8.36. The Morgan fingerprint density at radius 3 is 2.13 bits per heavy atom. The van der Waals surface area contributed by atoms with E-state index in [0.717, 1.165) is 25.7 Å². The largest absolute Gasteiger partial charge is 0.508 e. The van der Waals surface area contributed by atoms with Gasteiger partial charge < -0.3 is 9.84 Å². The number of aliphatic hydroxyl groups is 1. The van der Waals surface area contributed by atoms with E-state index in [0.29, 0.717) is 12.0 Å². The minimum absolute atomic E-state index is 0.0778. The Labute approximate surface area is 140 Å². The molecule has 0 radical (unpaired) electrons. The van der Waals surface area contributed by atoms with Crippen molar-refractivity contribution in [2.45, 2.75) is 72.8 Å². The molecule has 1 heterocycles. The van der Waals surface area contributed by atoms with Gasteiger partial charge >= 0.3 is 5.97 Å². The van der Waals surface area contributed by atoms with Gasteiger partial charge in [-0.15, -0.1) is 0 Å². The van der Waals surface area contributed by atoms with Gasteiger partial charge in [0.15, 0.2) is 6.10 Å². The summed E-state index contributed by atoms with van der Waals surface area (Å²) in [5, 5.41) is 9.80. The monoisotopic (exact) mass is 318 g/mol. The standard InChI is InChI=1S/C20H30O3/c1-14(2)8-6-9-15(3)10-7-11-16(4)12-13-18-19(21)17(5)20(22)23-18/h8,10,12,18,21H,6-7,9,11,13H2,1-5H3/b15-10+,16-12+. The highest BCUT2D eigenvalue weighted by atomic mass is 16.6. The highest BCUT2D eigenvalue weighted by molar-refractivity contribution is 5.91. The molecule has 0 spiro atoms. The lowest BCUT2D eigenvalue weighted by Crippen LogP contribution is -2.10. The summed E-state index contributed by atoms with van der Waals surface area (Å²) in [4.78, 5) is 11.3. The first-order chi connectivity index (χ1) is 10.8. The lowest BCUT2D eigenvalue weighted by molar-refractivity contribution is -0.140. The first kappa shape index (κ1) is 19.3. The molecule has 0 saturated carbocycles. The molecule has 0 fully saturated rings. The minimum atomic E-state index is -0.501.